The number of aliphatic hydroxyl groups is 1. The molecule has 0 unspecified atom stereocenters. The summed E-state index contributed by atoms with van der Waals surface area (Å²) in [5.74, 6) is -0.879. The predicted octanol–water partition coefficient (Wildman–Crippen LogP) is 5.54. The maximum Gasteiger partial charge on any atom is 0.264 e. The third-order valence-corrected chi connectivity index (χ3v) is 6.23. The summed E-state index contributed by atoms with van der Waals surface area (Å²) in [4.78, 5) is 15.5. The van der Waals surface area contributed by atoms with E-state index < -0.39 is 11.5 Å². The molecule has 0 fully saturated rings. The van der Waals surface area contributed by atoms with Gasteiger partial charge in [-0.25, -0.2) is 0 Å². The van der Waals surface area contributed by atoms with Crippen LogP contribution in [0.4, 0.5) is 5.69 Å². The SMILES string of the molecule is C=C[C@H](c1ccccc1)[C@]1(O)C(=O)N(Cc2cccc3ccccc23)c2ccccc21. The van der Waals surface area contributed by atoms with Crippen molar-refractivity contribution >= 4 is 22.4 Å². The van der Waals surface area contributed by atoms with Gasteiger partial charge < -0.3 is 10.0 Å². The van der Waals surface area contributed by atoms with E-state index in [9.17, 15) is 9.90 Å². The molecule has 0 spiro atoms. The lowest BCUT2D eigenvalue weighted by molar-refractivity contribution is -0.137. The van der Waals surface area contributed by atoms with Crippen molar-refractivity contribution in [2.24, 2.45) is 0 Å². The van der Waals surface area contributed by atoms with E-state index in [-0.39, 0.29) is 5.91 Å². The van der Waals surface area contributed by atoms with Gasteiger partial charge in [-0.1, -0.05) is 97.1 Å². The number of anilines is 1. The summed E-state index contributed by atoms with van der Waals surface area (Å²) >= 11 is 0. The van der Waals surface area contributed by atoms with E-state index in [1.807, 2.05) is 78.9 Å². The lowest BCUT2D eigenvalue weighted by atomic mass is 9.78. The molecular formula is C28H23NO2. The fraction of sp³-hybridized carbons (Fsp3) is 0.107. The van der Waals surface area contributed by atoms with E-state index in [0.717, 1.165) is 27.6 Å². The van der Waals surface area contributed by atoms with Crippen molar-refractivity contribution in [1.82, 2.24) is 0 Å². The highest BCUT2D eigenvalue weighted by Gasteiger charge is 2.54. The Labute approximate surface area is 181 Å². The van der Waals surface area contributed by atoms with Crippen LogP contribution in [0, 0.1) is 0 Å². The Morgan fingerprint density at radius 3 is 2.35 bits per heavy atom. The lowest BCUT2D eigenvalue weighted by Gasteiger charge is -2.30. The number of nitrogens with zero attached hydrogens (tertiary/aromatic N) is 1. The first-order valence-corrected chi connectivity index (χ1v) is 10.4. The van der Waals surface area contributed by atoms with E-state index in [1.54, 1.807) is 11.0 Å². The van der Waals surface area contributed by atoms with Gasteiger partial charge in [-0.2, -0.15) is 0 Å². The molecule has 0 aromatic heterocycles. The van der Waals surface area contributed by atoms with Crippen molar-refractivity contribution in [2.45, 2.75) is 18.1 Å². The summed E-state index contributed by atoms with van der Waals surface area (Å²) < 4.78 is 0. The molecular weight excluding hydrogens is 382 g/mol. The quantitative estimate of drug-likeness (QED) is 0.443. The molecule has 1 aliphatic heterocycles. The molecule has 31 heavy (non-hydrogen) atoms. The van der Waals surface area contributed by atoms with Gasteiger partial charge in [-0.15, -0.1) is 6.58 Å². The van der Waals surface area contributed by atoms with E-state index in [0.29, 0.717) is 12.1 Å². The number of hydrogen-bond acceptors (Lipinski definition) is 2. The van der Waals surface area contributed by atoms with E-state index in [2.05, 4.69) is 24.8 Å². The molecule has 0 saturated carbocycles. The summed E-state index contributed by atoms with van der Waals surface area (Å²) in [6.07, 6.45) is 1.67. The molecule has 4 aromatic rings. The number of hydrogen-bond donors (Lipinski definition) is 1. The largest absolute Gasteiger partial charge is 0.374 e. The molecule has 0 saturated heterocycles. The number of rotatable bonds is 5. The van der Waals surface area contributed by atoms with Gasteiger partial charge in [0.15, 0.2) is 5.60 Å². The Hall–Kier alpha value is -3.69. The molecule has 5 rings (SSSR count). The van der Waals surface area contributed by atoms with Crippen LogP contribution >= 0.6 is 0 Å². The Kier molecular flexibility index (Phi) is 4.68. The fourth-order valence-corrected chi connectivity index (χ4v) is 4.73. The Balaban J connectivity index is 1.63. The molecule has 0 bridgehead atoms. The molecule has 4 aromatic carbocycles. The first-order chi connectivity index (χ1) is 15.1. The van der Waals surface area contributed by atoms with Crippen LogP contribution in [0.3, 0.4) is 0 Å². The van der Waals surface area contributed by atoms with Crippen LogP contribution in [0.1, 0.15) is 22.6 Å². The maximum atomic E-state index is 13.8. The number of fused-ring (bicyclic) bond motifs is 2. The van der Waals surface area contributed by atoms with Crippen LogP contribution in [0.2, 0.25) is 0 Å². The van der Waals surface area contributed by atoms with Gasteiger partial charge in [-0.05, 0) is 28.0 Å². The molecule has 3 nitrogen and oxygen atoms in total. The molecule has 1 aliphatic rings. The van der Waals surface area contributed by atoms with Crippen molar-refractivity contribution in [3.05, 3.63) is 126 Å². The fourth-order valence-electron chi connectivity index (χ4n) is 4.73. The van der Waals surface area contributed by atoms with Crippen LogP contribution in [-0.2, 0) is 16.9 Å². The summed E-state index contributed by atoms with van der Waals surface area (Å²) in [5, 5.41) is 14.2. The second kappa shape index (κ2) is 7.53. The molecule has 2 atom stereocenters. The van der Waals surface area contributed by atoms with Crippen molar-refractivity contribution in [1.29, 1.82) is 0 Å². The van der Waals surface area contributed by atoms with Crippen LogP contribution in [0.5, 0.6) is 0 Å². The van der Waals surface area contributed by atoms with Gasteiger partial charge in [0.05, 0.1) is 12.2 Å². The van der Waals surface area contributed by atoms with Gasteiger partial charge in [0.1, 0.15) is 0 Å². The minimum atomic E-state index is -1.70. The molecule has 1 N–H and O–H groups in total. The van der Waals surface area contributed by atoms with Gasteiger partial charge in [-0.3, -0.25) is 4.79 Å². The van der Waals surface area contributed by atoms with Crippen LogP contribution in [0.25, 0.3) is 10.8 Å². The van der Waals surface area contributed by atoms with Gasteiger partial charge in [0, 0.05) is 11.5 Å². The highest BCUT2D eigenvalue weighted by Crippen LogP contribution is 2.49. The van der Waals surface area contributed by atoms with Gasteiger partial charge in [0.2, 0.25) is 0 Å². The summed E-state index contributed by atoms with van der Waals surface area (Å²) in [7, 11) is 0. The number of amides is 1. The molecule has 1 amide bonds. The Bertz CT molecular complexity index is 1280. The molecule has 1 heterocycles. The zero-order valence-corrected chi connectivity index (χ0v) is 17.1. The lowest BCUT2D eigenvalue weighted by Crippen LogP contribution is -2.44. The van der Waals surface area contributed by atoms with Gasteiger partial charge in [0.25, 0.3) is 5.91 Å². The van der Waals surface area contributed by atoms with Crippen LogP contribution in [-0.4, -0.2) is 11.0 Å². The van der Waals surface area contributed by atoms with Gasteiger partial charge >= 0.3 is 0 Å². The molecule has 0 radical (unpaired) electrons. The average molecular weight is 405 g/mol. The standard InChI is InChI=1S/C28H23NO2/c1-2-24(21-12-4-3-5-13-21)28(31)25-17-8-9-18-26(25)29(27(28)30)19-22-15-10-14-20-11-6-7-16-23(20)22/h2-18,24,31H,1,19H2/t24-,28-/m1/s1. The molecule has 152 valence electrons. The van der Waals surface area contributed by atoms with Crippen molar-refractivity contribution < 1.29 is 9.90 Å². The zero-order chi connectivity index (χ0) is 21.4. The Morgan fingerprint density at radius 2 is 1.55 bits per heavy atom. The Morgan fingerprint density at radius 1 is 0.871 bits per heavy atom. The normalized spacial score (nSPS) is 18.7. The van der Waals surface area contributed by atoms with Crippen LogP contribution < -0.4 is 4.90 Å². The number of carbonyl (C=O) groups is 1. The predicted molar refractivity (Wildman–Crippen MR) is 125 cm³/mol. The molecule has 0 aliphatic carbocycles. The number of benzene rings is 4. The first-order valence-electron chi connectivity index (χ1n) is 10.4. The van der Waals surface area contributed by atoms with Crippen LogP contribution in [0.15, 0.2) is 110 Å². The molecule has 3 heteroatoms. The van der Waals surface area contributed by atoms with Crippen molar-refractivity contribution in [2.75, 3.05) is 4.90 Å². The van der Waals surface area contributed by atoms with Crippen molar-refractivity contribution in [3.63, 3.8) is 0 Å². The van der Waals surface area contributed by atoms with E-state index >= 15 is 0 Å². The smallest absolute Gasteiger partial charge is 0.264 e. The topological polar surface area (TPSA) is 40.5 Å². The van der Waals surface area contributed by atoms with Crippen molar-refractivity contribution in [3.8, 4) is 0 Å². The number of carbonyl (C=O) groups excluding carboxylic acids is 1. The minimum absolute atomic E-state index is 0.324. The first kappa shape index (κ1) is 19.3. The highest BCUT2D eigenvalue weighted by molar-refractivity contribution is 6.08. The third kappa shape index (κ3) is 2.97. The summed E-state index contributed by atoms with van der Waals surface area (Å²) in [5.41, 5.74) is 1.56. The monoisotopic (exact) mass is 405 g/mol. The second-order valence-corrected chi connectivity index (χ2v) is 7.94. The van der Waals surface area contributed by atoms with E-state index in [1.165, 1.54) is 0 Å². The minimum Gasteiger partial charge on any atom is -0.374 e. The average Bonchev–Trinajstić information content (AvgIpc) is 3.03. The number of para-hydroxylation sites is 1. The zero-order valence-electron chi connectivity index (χ0n) is 17.1. The maximum absolute atomic E-state index is 13.8. The van der Waals surface area contributed by atoms with E-state index in [4.69, 9.17) is 0 Å². The summed E-state index contributed by atoms with van der Waals surface area (Å²) in [6.45, 7) is 4.34. The third-order valence-electron chi connectivity index (χ3n) is 6.23. The highest BCUT2D eigenvalue weighted by atomic mass is 16.3. The summed E-state index contributed by atoms with van der Waals surface area (Å²) in [6, 6.07) is 31.4. The second-order valence-electron chi connectivity index (χ2n) is 7.94.